The van der Waals surface area contributed by atoms with E-state index < -0.39 is 0 Å². The van der Waals surface area contributed by atoms with Gasteiger partial charge in [0.05, 0.1) is 16.7 Å². The van der Waals surface area contributed by atoms with Gasteiger partial charge in [0.15, 0.2) is 11.5 Å². The number of hydrogen-bond acceptors (Lipinski definition) is 3. The highest BCUT2D eigenvalue weighted by Crippen LogP contribution is 2.34. The van der Waals surface area contributed by atoms with Crippen LogP contribution in [0.3, 0.4) is 0 Å². The quantitative estimate of drug-likeness (QED) is 0.698. The van der Waals surface area contributed by atoms with Crippen LogP contribution in [-0.2, 0) is 6.54 Å². The molecule has 0 spiro atoms. The number of ether oxygens (including phenoxy) is 2. The van der Waals surface area contributed by atoms with Crippen molar-refractivity contribution in [3.05, 3.63) is 65.6 Å². The minimum absolute atomic E-state index is 0.0973. The molecule has 0 aliphatic carbocycles. The molecular weight excluding hydrogens is 280 g/mol. The van der Waals surface area contributed by atoms with E-state index in [2.05, 4.69) is 6.58 Å². The Balaban J connectivity index is 2.01. The first kappa shape index (κ1) is 12.8. The molecule has 0 fully saturated rings. The Morgan fingerprint density at radius 1 is 1.09 bits per heavy atom. The molecule has 0 unspecified atom stereocenters. The molecule has 2 aromatic carbocycles. The van der Waals surface area contributed by atoms with Crippen molar-refractivity contribution in [3.63, 3.8) is 0 Å². The van der Waals surface area contributed by atoms with E-state index >= 15 is 0 Å². The van der Waals surface area contributed by atoms with Crippen LogP contribution in [0.2, 0.25) is 0 Å². The van der Waals surface area contributed by atoms with Crippen LogP contribution in [0.1, 0.15) is 0 Å². The van der Waals surface area contributed by atoms with Crippen LogP contribution in [0, 0.1) is 0 Å². The van der Waals surface area contributed by atoms with Gasteiger partial charge in [0.2, 0.25) is 6.79 Å². The van der Waals surface area contributed by atoms with E-state index in [1.807, 2.05) is 42.5 Å². The molecule has 110 valence electrons. The summed E-state index contributed by atoms with van der Waals surface area (Å²) in [6.07, 6.45) is 1.72. The third-order valence-corrected chi connectivity index (χ3v) is 3.76. The molecule has 5 nitrogen and oxygen atoms in total. The van der Waals surface area contributed by atoms with Crippen molar-refractivity contribution in [2.45, 2.75) is 6.54 Å². The number of rotatable bonds is 3. The summed E-state index contributed by atoms with van der Waals surface area (Å²) in [5.41, 5.74) is 2.39. The zero-order valence-corrected chi connectivity index (χ0v) is 11.9. The SMILES string of the molecule is C=CCn1c(=O)n(-c2ccc3c(c2)OCO3)c2ccccc21. The van der Waals surface area contributed by atoms with Gasteiger partial charge in [-0.25, -0.2) is 4.79 Å². The first-order chi connectivity index (χ1) is 10.8. The molecule has 5 heteroatoms. The Labute approximate surface area is 126 Å². The Morgan fingerprint density at radius 3 is 2.68 bits per heavy atom. The maximum Gasteiger partial charge on any atom is 0.334 e. The molecule has 0 saturated heterocycles. The summed E-state index contributed by atoms with van der Waals surface area (Å²) in [4.78, 5) is 12.8. The number of imidazole rings is 1. The van der Waals surface area contributed by atoms with Crippen molar-refractivity contribution < 1.29 is 9.47 Å². The molecule has 2 heterocycles. The van der Waals surface area contributed by atoms with E-state index in [-0.39, 0.29) is 12.5 Å². The number of para-hydroxylation sites is 2. The molecule has 1 aromatic heterocycles. The van der Waals surface area contributed by atoms with Crippen LogP contribution in [-0.4, -0.2) is 15.9 Å². The van der Waals surface area contributed by atoms with Gasteiger partial charge in [-0.05, 0) is 24.3 Å². The second kappa shape index (κ2) is 4.80. The minimum Gasteiger partial charge on any atom is -0.454 e. The van der Waals surface area contributed by atoms with E-state index in [1.165, 1.54) is 0 Å². The molecule has 3 aromatic rings. The lowest BCUT2D eigenvalue weighted by Gasteiger charge is -2.04. The Kier molecular flexibility index (Phi) is 2.79. The van der Waals surface area contributed by atoms with Gasteiger partial charge < -0.3 is 9.47 Å². The van der Waals surface area contributed by atoms with Gasteiger partial charge >= 0.3 is 5.69 Å². The van der Waals surface area contributed by atoms with Crippen molar-refractivity contribution >= 4 is 11.0 Å². The van der Waals surface area contributed by atoms with E-state index in [9.17, 15) is 4.79 Å². The summed E-state index contributed by atoms with van der Waals surface area (Å²) in [6, 6.07) is 13.2. The van der Waals surface area contributed by atoms with E-state index in [4.69, 9.17) is 9.47 Å². The van der Waals surface area contributed by atoms with Crippen molar-refractivity contribution in [2.75, 3.05) is 6.79 Å². The highest BCUT2D eigenvalue weighted by molar-refractivity contribution is 5.78. The largest absolute Gasteiger partial charge is 0.454 e. The van der Waals surface area contributed by atoms with Crippen molar-refractivity contribution in [1.82, 2.24) is 9.13 Å². The predicted molar refractivity (Wildman–Crippen MR) is 83.9 cm³/mol. The average molecular weight is 294 g/mol. The molecule has 0 amide bonds. The van der Waals surface area contributed by atoms with E-state index in [1.54, 1.807) is 15.2 Å². The number of fused-ring (bicyclic) bond motifs is 2. The molecule has 0 N–H and O–H groups in total. The van der Waals surface area contributed by atoms with Crippen molar-refractivity contribution in [1.29, 1.82) is 0 Å². The molecule has 4 rings (SSSR count). The van der Waals surface area contributed by atoms with Gasteiger partial charge in [-0.3, -0.25) is 9.13 Å². The van der Waals surface area contributed by atoms with Crippen LogP contribution in [0.25, 0.3) is 16.7 Å². The number of aromatic nitrogens is 2. The van der Waals surface area contributed by atoms with Crippen molar-refractivity contribution in [3.8, 4) is 17.2 Å². The summed E-state index contributed by atoms with van der Waals surface area (Å²) in [5.74, 6) is 1.36. The predicted octanol–water partition coefficient (Wildman–Crippen LogP) is 2.71. The lowest BCUT2D eigenvalue weighted by atomic mass is 10.2. The van der Waals surface area contributed by atoms with Gasteiger partial charge in [0.1, 0.15) is 0 Å². The number of allylic oxidation sites excluding steroid dienone is 1. The minimum atomic E-state index is -0.0973. The summed E-state index contributed by atoms with van der Waals surface area (Å²) in [7, 11) is 0. The summed E-state index contributed by atoms with van der Waals surface area (Å²) >= 11 is 0. The average Bonchev–Trinajstić information content (AvgIpc) is 3.10. The molecule has 0 bridgehead atoms. The van der Waals surface area contributed by atoms with Gasteiger partial charge in [0, 0.05) is 12.6 Å². The van der Waals surface area contributed by atoms with Crippen LogP contribution in [0.5, 0.6) is 11.5 Å². The first-order valence-electron chi connectivity index (χ1n) is 7.01. The number of benzene rings is 2. The van der Waals surface area contributed by atoms with Crippen LogP contribution in [0.4, 0.5) is 0 Å². The van der Waals surface area contributed by atoms with Gasteiger partial charge in [-0.1, -0.05) is 18.2 Å². The molecule has 1 aliphatic rings. The smallest absolute Gasteiger partial charge is 0.334 e. The van der Waals surface area contributed by atoms with Crippen LogP contribution in [0.15, 0.2) is 59.9 Å². The molecule has 0 saturated carbocycles. The number of hydrogen-bond donors (Lipinski definition) is 0. The molecule has 22 heavy (non-hydrogen) atoms. The molecule has 0 atom stereocenters. The standard InChI is InChI=1S/C17H14N2O3/c1-2-9-18-13-5-3-4-6-14(13)19(17(18)20)12-7-8-15-16(10-12)22-11-21-15/h2-8,10H,1,9,11H2. The monoisotopic (exact) mass is 294 g/mol. The van der Waals surface area contributed by atoms with Crippen molar-refractivity contribution in [2.24, 2.45) is 0 Å². The molecular formula is C17H14N2O3. The molecule has 0 radical (unpaired) electrons. The van der Waals surface area contributed by atoms with E-state index in [0.29, 0.717) is 18.0 Å². The summed E-state index contributed by atoms with van der Waals surface area (Å²) < 4.78 is 14.1. The fraction of sp³-hybridized carbons (Fsp3) is 0.118. The van der Waals surface area contributed by atoms with Gasteiger partial charge in [-0.2, -0.15) is 0 Å². The molecule has 1 aliphatic heterocycles. The highest BCUT2D eigenvalue weighted by atomic mass is 16.7. The topological polar surface area (TPSA) is 45.4 Å². The second-order valence-corrected chi connectivity index (χ2v) is 5.04. The second-order valence-electron chi connectivity index (χ2n) is 5.04. The Bertz CT molecular complexity index is 937. The summed E-state index contributed by atoms with van der Waals surface area (Å²) in [5, 5.41) is 0. The fourth-order valence-electron chi connectivity index (χ4n) is 2.79. The Morgan fingerprint density at radius 2 is 1.86 bits per heavy atom. The fourth-order valence-corrected chi connectivity index (χ4v) is 2.79. The van der Waals surface area contributed by atoms with Gasteiger partial charge in [0.25, 0.3) is 0 Å². The van der Waals surface area contributed by atoms with Crippen LogP contribution >= 0.6 is 0 Å². The lowest BCUT2D eigenvalue weighted by molar-refractivity contribution is 0.174. The number of nitrogens with zero attached hydrogens (tertiary/aromatic N) is 2. The maximum atomic E-state index is 12.8. The third-order valence-electron chi connectivity index (χ3n) is 3.76. The van der Waals surface area contributed by atoms with Gasteiger partial charge in [-0.15, -0.1) is 6.58 Å². The zero-order chi connectivity index (χ0) is 15.1. The summed E-state index contributed by atoms with van der Waals surface area (Å²) in [6.45, 7) is 4.41. The maximum absolute atomic E-state index is 12.8. The highest BCUT2D eigenvalue weighted by Gasteiger charge is 2.17. The zero-order valence-electron chi connectivity index (χ0n) is 11.9. The van der Waals surface area contributed by atoms with E-state index in [0.717, 1.165) is 16.7 Å². The lowest BCUT2D eigenvalue weighted by Crippen LogP contribution is -2.22. The normalized spacial score (nSPS) is 12.7. The Hall–Kier alpha value is -2.95. The first-order valence-corrected chi connectivity index (χ1v) is 7.01. The van der Waals surface area contributed by atoms with Crippen LogP contribution < -0.4 is 15.2 Å². The third kappa shape index (κ3) is 1.75.